The number of amides is 2. The molecule has 2 amide bonds. The summed E-state index contributed by atoms with van der Waals surface area (Å²) in [5.74, 6) is -0.110. The largest absolute Gasteiger partial charge is 0.444 e. The van der Waals surface area contributed by atoms with Crippen molar-refractivity contribution < 1.29 is 14.3 Å². The van der Waals surface area contributed by atoms with Crippen LogP contribution in [0, 0.1) is 0 Å². The normalized spacial score (nSPS) is 20.6. The van der Waals surface area contributed by atoms with Gasteiger partial charge in [0.25, 0.3) is 0 Å². The first-order valence-corrected chi connectivity index (χ1v) is 10.5. The summed E-state index contributed by atoms with van der Waals surface area (Å²) in [6.45, 7) is 10.6. The van der Waals surface area contributed by atoms with Crippen LogP contribution in [0.4, 0.5) is 10.5 Å². The lowest BCUT2D eigenvalue weighted by Gasteiger charge is -2.35. The van der Waals surface area contributed by atoms with Gasteiger partial charge in [-0.2, -0.15) is 0 Å². The molecule has 2 saturated heterocycles. The molecule has 7 heteroatoms. The lowest BCUT2D eigenvalue weighted by molar-refractivity contribution is -0.125. The zero-order valence-electron chi connectivity index (χ0n) is 18.1. The summed E-state index contributed by atoms with van der Waals surface area (Å²) >= 11 is 0. The average molecular weight is 403 g/mol. The number of hydrogen-bond acceptors (Lipinski definition) is 5. The number of para-hydroxylation sites is 1. The summed E-state index contributed by atoms with van der Waals surface area (Å²) in [4.78, 5) is 31.6. The van der Waals surface area contributed by atoms with Crippen LogP contribution in [0.1, 0.15) is 39.2 Å². The van der Waals surface area contributed by atoms with Crippen molar-refractivity contribution in [1.29, 1.82) is 0 Å². The standard InChI is InChI=1S/C22H34N4O3/c1-22(2,3)29-21(28)26-11-7-10-19(26)20(27)23-16-17-8-5-6-9-18(17)25-14-12-24(4)13-15-25/h5-6,8-9,19H,7,10-16H2,1-4H3,(H,23,27)/t19-/m0/s1. The molecule has 1 aromatic carbocycles. The van der Waals surface area contributed by atoms with Crippen molar-refractivity contribution in [1.82, 2.24) is 15.1 Å². The van der Waals surface area contributed by atoms with Crippen molar-refractivity contribution in [2.45, 2.75) is 51.8 Å². The lowest BCUT2D eigenvalue weighted by atomic mass is 10.1. The van der Waals surface area contributed by atoms with Crippen molar-refractivity contribution in [3.63, 3.8) is 0 Å². The number of ether oxygens (including phenoxy) is 1. The van der Waals surface area contributed by atoms with E-state index < -0.39 is 17.7 Å². The minimum atomic E-state index is -0.567. The van der Waals surface area contributed by atoms with E-state index in [1.807, 2.05) is 32.9 Å². The molecule has 0 spiro atoms. The lowest BCUT2D eigenvalue weighted by Crippen LogP contribution is -2.47. The molecule has 1 N–H and O–H groups in total. The number of hydrogen-bond donors (Lipinski definition) is 1. The smallest absolute Gasteiger partial charge is 0.410 e. The molecule has 0 aliphatic carbocycles. The Bertz CT molecular complexity index is 723. The second-order valence-corrected chi connectivity index (χ2v) is 8.97. The van der Waals surface area contributed by atoms with Gasteiger partial charge in [-0.05, 0) is 52.3 Å². The van der Waals surface area contributed by atoms with Gasteiger partial charge in [-0.3, -0.25) is 9.69 Å². The predicted octanol–water partition coefficient (Wildman–Crippen LogP) is 2.45. The minimum Gasteiger partial charge on any atom is -0.444 e. The molecule has 2 heterocycles. The number of nitrogens with one attached hydrogen (secondary N) is 1. The molecular formula is C22H34N4O3. The summed E-state index contributed by atoms with van der Waals surface area (Å²) in [5.41, 5.74) is 1.71. The van der Waals surface area contributed by atoms with Crippen LogP contribution in [0.2, 0.25) is 0 Å². The number of likely N-dealkylation sites (tertiary alicyclic amines) is 1. The van der Waals surface area contributed by atoms with Gasteiger partial charge in [0.2, 0.25) is 5.91 Å². The highest BCUT2D eigenvalue weighted by Crippen LogP contribution is 2.23. The fraction of sp³-hybridized carbons (Fsp3) is 0.636. The first-order valence-electron chi connectivity index (χ1n) is 10.5. The molecule has 1 atom stereocenters. The quantitative estimate of drug-likeness (QED) is 0.838. The SMILES string of the molecule is CN1CCN(c2ccccc2CNC(=O)[C@@H]2CCCN2C(=O)OC(C)(C)C)CC1. The van der Waals surface area contributed by atoms with Crippen LogP contribution in [0.3, 0.4) is 0 Å². The third-order valence-electron chi connectivity index (χ3n) is 5.47. The first kappa shape index (κ1) is 21.4. The third kappa shape index (κ3) is 5.63. The molecule has 0 saturated carbocycles. The molecule has 0 unspecified atom stereocenters. The molecule has 2 fully saturated rings. The van der Waals surface area contributed by atoms with E-state index in [9.17, 15) is 9.59 Å². The van der Waals surface area contributed by atoms with Crippen molar-refractivity contribution in [2.75, 3.05) is 44.7 Å². The Kier molecular flexibility index (Phi) is 6.67. The summed E-state index contributed by atoms with van der Waals surface area (Å²) in [7, 11) is 2.14. The van der Waals surface area contributed by atoms with Gasteiger partial charge in [0, 0.05) is 45.0 Å². The van der Waals surface area contributed by atoms with Gasteiger partial charge in [-0.1, -0.05) is 18.2 Å². The Morgan fingerprint density at radius 3 is 2.48 bits per heavy atom. The number of likely N-dealkylation sites (N-methyl/N-ethyl adjacent to an activating group) is 1. The van der Waals surface area contributed by atoms with E-state index in [0.717, 1.165) is 38.2 Å². The number of carbonyl (C=O) groups excluding carboxylic acids is 2. The molecule has 1 aromatic rings. The minimum absolute atomic E-state index is 0.110. The zero-order valence-corrected chi connectivity index (χ0v) is 18.1. The van der Waals surface area contributed by atoms with E-state index >= 15 is 0 Å². The molecule has 0 aromatic heterocycles. The highest BCUT2D eigenvalue weighted by atomic mass is 16.6. The molecular weight excluding hydrogens is 368 g/mol. The number of benzene rings is 1. The van der Waals surface area contributed by atoms with Crippen LogP contribution in [0.25, 0.3) is 0 Å². The summed E-state index contributed by atoms with van der Waals surface area (Å²) < 4.78 is 5.47. The molecule has 3 rings (SSSR count). The average Bonchev–Trinajstić information content (AvgIpc) is 3.16. The molecule has 2 aliphatic rings. The van der Waals surface area contributed by atoms with E-state index in [-0.39, 0.29) is 5.91 Å². The molecule has 0 bridgehead atoms. The monoisotopic (exact) mass is 402 g/mol. The number of rotatable bonds is 4. The van der Waals surface area contributed by atoms with E-state index in [4.69, 9.17) is 4.74 Å². The summed E-state index contributed by atoms with van der Waals surface area (Å²) in [6, 6.07) is 7.77. The number of carbonyl (C=O) groups is 2. The second-order valence-electron chi connectivity index (χ2n) is 8.97. The zero-order chi connectivity index (χ0) is 21.0. The first-order chi connectivity index (χ1) is 13.7. The Morgan fingerprint density at radius 1 is 1.10 bits per heavy atom. The fourth-order valence-corrected chi connectivity index (χ4v) is 3.89. The van der Waals surface area contributed by atoms with Crippen LogP contribution in [-0.4, -0.2) is 73.2 Å². The summed E-state index contributed by atoms with van der Waals surface area (Å²) in [6.07, 6.45) is 1.08. The molecule has 160 valence electrons. The van der Waals surface area contributed by atoms with Crippen molar-refractivity contribution in [2.24, 2.45) is 0 Å². The number of nitrogens with zero attached hydrogens (tertiary/aromatic N) is 3. The second kappa shape index (κ2) is 9.03. The van der Waals surface area contributed by atoms with Crippen LogP contribution in [-0.2, 0) is 16.1 Å². The van der Waals surface area contributed by atoms with Gasteiger partial charge in [0.1, 0.15) is 11.6 Å². The van der Waals surface area contributed by atoms with E-state index in [2.05, 4.69) is 34.3 Å². The van der Waals surface area contributed by atoms with Crippen molar-refractivity contribution in [3.8, 4) is 0 Å². The van der Waals surface area contributed by atoms with Gasteiger partial charge in [0.05, 0.1) is 0 Å². The molecule has 0 radical (unpaired) electrons. The Morgan fingerprint density at radius 2 is 1.79 bits per heavy atom. The van der Waals surface area contributed by atoms with Crippen molar-refractivity contribution in [3.05, 3.63) is 29.8 Å². The van der Waals surface area contributed by atoms with Crippen molar-refractivity contribution >= 4 is 17.7 Å². The van der Waals surface area contributed by atoms with Crippen LogP contribution < -0.4 is 10.2 Å². The number of piperazine rings is 1. The fourth-order valence-electron chi connectivity index (χ4n) is 3.89. The van der Waals surface area contributed by atoms with Gasteiger partial charge >= 0.3 is 6.09 Å². The summed E-state index contributed by atoms with van der Waals surface area (Å²) in [5, 5.41) is 3.05. The van der Waals surface area contributed by atoms with Crippen LogP contribution in [0.5, 0.6) is 0 Å². The van der Waals surface area contributed by atoms with E-state index in [0.29, 0.717) is 19.5 Å². The van der Waals surface area contributed by atoms with Gasteiger partial charge in [-0.15, -0.1) is 0 Å². The molecule has 7 nitrogen and oxygen atoms in total. The topological polar surface area (TPSA) is 65.1 Å². The van der Waals surface area contributed by atoms with Crippen LogP contribution >= 0.6 is 0 Å². The Hall–Kier alpha value is -2.28. The van der Waals surface area contributed by atoms with Crippen LogP contribution in [0.15, 0.2) is 24.3 Å². The maximum absolute atomic E-state index is 12.8. The molecule has 29 heavy (non-hydrogen) atoms. The third-order valence-corrected chi connectivity index (χ3v) is 5.47. The predicted molar refractivity (Wildman–Crippen MR) is 114 cm³/mol. The van der Waals surface area contributed by atoms with E-state index in [1.165, 1.54) is 5.69 Å². The van der Waals surface area contributed by atoms with Gasteiger partial charge < -0.3 is 19.9 Å². The number of anilines is 1. The highest BCUT2D eigenvalue weighted by molar-refractivity contribution is 5.86. The highest BCUT2D eigenvalue weighted by Gasteiger charge is 2.36. The van der Waals surface area contributed by atoms with Gasteiger partial charge in [-0.25, -0.2) is 4.79 Å². The Balaban J connectivity index is 1.61. The van der Waals surface area contributed by atoms with E-state index in [1.54, 1.807) is 4.90 Å². The maximum Gasteiger partial charge on any atom is 0.410 e. The Labute approximate surface area is 174 Å². The molecule has 2 aliphatic heterocycles. The van der Waals surface area contributed by atoms with Gasteiger partial charge in [0.15, 0.2) is 0 Å². The maximum atomic E-state index is 12.8.